The third-order valence-corrected chi connectivity index (χ3v) is 13.6. The molecule has 0 heterocycles. The van der Waals surface area contributed by atoms with Crippen molar-refractivity contribution < 1.29 is 28.6 Å². The molecule has 6 nitrogen and oxygen atoms in total. The Morgan fingerprint density at radius 1 is 0.328 bits per heavy atom. The molecule has 2 atom stereocenters. The van der Waals surface area contributed by atoms with Crippen LogP contribution in [0.15, 0.2) is 0 Å². The molecular formula is C58H112O6. The summed E-state index contributed by atoms with van der Waals surface area (Å²) in [6.45, 7) is 11.4. The standard InChI is InChI=1S/C58H112O6/c1-6-8-9-10-11-12-13-14-15-16-19-22-28-33-38-43-48-56(59)62-51-55(64-58(61)50-45-40-35-30-25-24-27-32-37-42-47-54(5)7-2)52-63-57(60)49-44-39-34-29-23-20-17-18-21-26-31-36-41-46-53(3)4/h53-55H,6-52H2,1-5H3/t54?,55-/m1/s1. The van der Waals surface area contributed by atoms with Gasteiger partial charge < -0.3 is 14.2 Å². The van der Waals surface area contributed by atoms with E-state index < -0.39 is 6.10 Å². The average molecular weight is 906 g/mol. The Labute approximate surface area is 399 Å². The lowest BCUT2D eigenvalue weighted by molar-refractivity contribution is -0.167. The lowest BCUT2D eigenvalue weighted by Gasteiger charge is -2.18. The molecule has 0 aromatic rings. The molecule has 0 bridgehead atoms. The van der Waals surface area contributed by atoms with Gasteiger partial charge in [-0.3, -0.25) is 14.4 Å². The zero-order valence-corrected chi connectivity index (χ0v) is 43.9. The van der Waals surface area contributed by atoms with Crippen molar-refractivity contribution in [1.82, 2.24) is 0 Å². The van der Waals surface area contributed by atoms with E-state index in [0.717, 1.165) is 69.6 Å². The maximum Gasteiger partial charge on any atom is 0.306 e. The van der Waals surface area contributed by atoms with E-state index in [2.05, 4.69) is 34.6 Å². The summed E-state index contributed by atoms with van der Waals surface area (Å²) in [6, 6.07) is 0. The molecule has 0 fully saturated rings. The second-order valence-corrected chi connectivity index (χ2v) is 20.6. The second kappa shape index (κ2) is 50.8. The van der Waals surface area contributed by atoms with Crippen molar-refractivity contribution in [2.24, 2.45) is 11.8 Å². The van der Waals surface area contributed by atoms with Crippen LogP contribution in [0.25, 0.3) is 0 Å². The maximum absolute atomic E-state index is 12.8. The Balaban J connectivity index is 4.31. The third kappa shape index (κ3) is 49.8. The lowest BCUT2D eigenvalue weighted by Crippen LogP contribution is -2.30. The summed E-state index contributed by atoms with van der Waals surface area (Å²) in [5, 5.41) is 0. The van der Waals surface area contributed by atoms with Gasteiger partial charge in [0, 0.05) is 19.3 Å². The van der Waals surface area contributed by atoms with E-state index in [0.29, 0.717) is 19.3 Å². The Kier molecular flexibility index (Phi) is 49.6. The van der Waals surface area contributed by atoms with Crippen LogP contribution in [-0.4, -0.2) is 37.2 Å². The lowest BCUT2D eigenvalue weighted by atomic mass is 9.99. The molecule has 0 saturated carbocycles. The molecule has 0 aromatic carbocycles. The summed E-state index contributed by atoms with van der Waals surface area (Å²) >= 11 is 0. The van der Waals surface area contributed by atoms with E-state index in [4.69, 9.17) is 14.2 Å². The van der Waals surface area contributed by atoms with E-state index in [1.165, 1.54) is 212 Å². The van der Waals surface area contributed by atoms with Crippen molar-refractivity contribution in [3.8, 4) is 0 Å². The minimum absolute atomic E-state index is 0.0629. The highest BCUT2D eigenvalue weighted by molar-refractivity contribution is 5.71. The number of carbonyl (C=O) groups excluding carboxylic acids is 3. The van der Waals surface area contributed by atoms with Crippen LogP contribution < -0.4 is 0 Å². The van der Waals surface area contributed by atoms with Gasteiger partial charge in [-0.15, -0.1) is 0 Å². The van der Waals surface area contributed by atoms with Gasteiger partial charge >= 0.3 is 17.9 Å². The molecule has 0 radical (unpaired) electrons. The third-order valence-electron chi connectivity index (χ3n) is 13.6. The molecule has 0 aromatic heterocycles. The quantitative estimate of drug-likeness (QED) is 0.0344. The molecule has 0 rings (SSSR count). The van der Waals surface area contributed by atoms with Gasteiger partial charge in [0.25, 0.3) is 0 Å². The van der Waals surface area contributed by atoms with Crippen molar-refractivity contribution >= 4 is 17.9 Å². The van der Waals surface area contributed by atoms with Gasteiger partial charge in [0.2, 0.25) is 0 Å². The van der Waals surface area contributed by atoms with Crippen molar-refractivity contribution in [1.29, 1.82) is 0 Å². The van der Waals surface area contributed by atoms with Crippen LogP contribution in [0.5, 0.6) is 0 Å². The van der Waals surface area contributed by atoms with Gasteiger partial charge in [0.15, 0.2) is 6.10 Å². The fraction of sp³-hybridized carbons (Fsp3) is 0.948. The largest absolute Gasteiger partial charge is 0.462 e. The van der Waals surface area contributed by atoms with Gasteiger partial charge in [-0.05, 0) is 31.1 Å². The SMILES string of the molecule is CCCCCCCCCCCCCCCCCCC(=O)OC[C@H](COC(=O)CCCCCCCCCCCCCCCC(C)C)OC(=O)CCCCCCCCCCCCC(C)CC. The molecule has 380 valence electrons. The fourth-order valence-electron chi connectivity index (χ4n) is 8.84. The molecule has 1 unspecified atom stereocenters. The Morgan fingerprint density at radius 3 is 0.891 bits per heavy atom. The molecule has 64 heavy (non-hydrogen) atoms. The second-order valence-electron chi connectivity index (χ2n) is 20.6. The van der Waals surface area contributed by atoms with Crippen LogP contribution >= 0.6 is 0 Å². The molecule has 0 aliphatic carbocycles. The number of hydrogen-bond donors (Lipinski definition) is 0. The minimum Gasteiger partial charge on any atom is -0.462 e. The smallest absolute Gasteiger partial charge is 0.306 e. The summed E-state index contributed by atoms with van der Waals surface area (Å²) in [5.41, 5.74) is 0. The first-order chi connectivity index (χ1) is 31.3. The zero-order chi connectivity index (χ0) is 46.8. The fourth-order valence-corrected chi connectivity index (χ4v) is 8.84. The molecule has 0 aliphatic heterocycles. The van der Waals surface area contributed by atoms with Gasteiger partial charge in [0.05, 0.1) is 0 Å². The summed E-state index contributed by atoms with van der Waals surface area (Å²) < 4.78 is 16.9. The normalized spacial score (nSPS) is 12.5. The minimum atomic E-state index is -0.763. The van der Waals surface area contributed by atoms with E-state index >= 15 is 0 Å². The number of hydrogen-bond acceptors (Lipinski definition) is 6. The first-order valence-corrected chi connectivity index (χ1v) is 28.8. The first kappa shape index (κ1) is 62.4. The van der Waals surface area contributed by atoms with Gasteiger partial charge in [0.1, 0.15) is 13.2 Å². The van der Waals surface area contributed by atoms with Crippen LogP contribution in [0.4, 0.5) is 0 Å². The van der Waals surface area contributed by atoms with E-state index in [1.807, 2.05) is 0 Å². The summed E-state index contributed by atoms with van der Waals surface area (Å²) in [4.78, 5) is 38.1. The predicted octanol–water partition coefficient (Wildman–Crippen LogP) is 18.9. The summed E-state index contributed by atoms with van der Waals surface area (Å²) in [6.07, 6.45) is 53.7. The topological polar surface area (TPSA) is 78.9 Å². The molecule has 0 N–H and O–H groups in total. The Hall–Kier alpha value is -1.59. The van der Waals surface area contributed by atoms with E-state index in [1.54, 1.807) is 0 Å². The molecule has 0 amide bonds. The van der Waals surface area contributed by atoms with Crippen molar-refractivity contribution in [3.05, 3.63) is 0 Å². The van der Waals surface area contributed by atoms with E-state index in [9.17, 15) is 14.4 Å². The van der Waals surface area contributed by atoms with Crippen molar-refractivity contribution in [2.75, 3.05) is 13.2 Å². The molecule has 6 heteroatoms. The molecular weight excluding hydrogens is 793 g/mol. The molecule has 0 saturated heterocycles. The molecule has 0 spiro atoms. The number of esters is 3. The maximum atomic E-state index is 12.8. The number of ether oxygens (including phenoxy) is 3. The van der Waals surface area contributed by atoms with Crippen LogP contribution in [0.2, 0.25) is 0 Å². The monoisotopic (exact) mass is 905 g/mol. The average Bonchev–Trinajstić information content (AvgIpc) is 3.28. The van der Waals surface area contributed by atoms with Crippen LogP contribution in [0, 0.1) is 11.8 Å². The summed E-state index contributed by atoms with van der Waals surface area (Å²) in [5.74, 6) is 0.867. The first-order valence-electron chi connectivity index (χ1n) is 28.8. The van der Waals surface area contributed by atoms with Crippen molar-refractivity contribution in [3.63, 3.8) is 0 Å². The number of rotatable bonds is 52. The zero-order valence-electron chi connectivity index (χ0n) is 43.9. The summed E-state index contributed by atoms with van der Waals surface area (Å²) in [7, 11) is 0. The van der Waals surface area contributed by atoms with Gasteiger partial charge in [-0.1, -0.05) is 285 Å². The van der Waals surface area contributed by atoms with Crippen LogP contribution in [0.3, 0.4) is 0 Å². The predicted molar refractivity (Wildman–Crippen MR) is 275 cm³/mol. The Morgan fingerprint density at radius 2 is 0.594 bits per heavy atom. The van der Waals surface area contributed by atoms with E-state index in [-0.39, 0.29) is 31.1 Å². The number of carbonyl (C=O) groups is 3. The highest BCUT2D eigenvalue weighted by Gasteiger charge is 2.19. The highest BCUT2D eigenvalue weighted by Crippen LogP contribution is 2.18. The van der Waals surface area contributed by atoms with Crippen molar-refractivity contribution in [2.45, 2.75) is 330 Å². The van der Waals surface area contributed by atoms with Crippen LogP contribution in [0.1, 0.15) is 324 Å². The van der Waals surface area contributed by atoms with Gasteiger partial charge in [-0.25, -0.2) is 0 Å². The Bertz CT molecular complexity index is 980. The van der Waals surface area contributed by atoms with Gasteiger partial charge in [-0.2, -0.15) is 0 Å². The van der Waals surface area contributed by atoms with Crippen LogP contribution in [-0.2, 0) is 28.6 Å². The number of unbranched alkanes of at least 4 members (excludes halogenated alkanes) is 36. The molecule has 0 aliphatic rings. The highest BCUT2D eigenvalue weighted by atomic mass is 16.6.